The largest absolute Gasteiger partial charge is 0.472 e. The fraction of sp³-hybridized carbons (Fsp3) is 0.286. The average molecular weight is 260 g/mol. The summed E-state index contributed by atoms with van der Waals surface area (Å²) in [4.78, 5) is 3.55. The standard InChI is InChI=1S/C14H16N2OS/c1-16(8-13-4-6-17-10-13)9-14-7-12(11-18-14)3-2-5-15/h4,6-7,10-11H,5,8-9,15H2,1H3. The molecule has 4 heteroatoms. The van der Waals surface area contributed by atoms with E-state index in [4.69, 9.17) is 10.2 Å². The maximum Gasteiger partial charge on any atom is 0.0947 e. The molecule has 2 rings (SSSR count). The Bertz CT molecular complexity index is 534. The zero-order chi connectivity index (χ0) is 12.8. The van der Waals surface area contributed by atoms with Crippen LogP contribution in [-0.4, -0.2) is 18.5 Å². The van der Waals surface area contributed by atoms with Crippen molar-refractivity contribution in [3.63, 3.8) is 0 Å². The highest BCUT2D eigenvalue weighted by molar-refractivity contribution is 7.10. The summed E-state index contributed by atoms with van der Waals surface area (Å²) in [5.41, 5.74) is 7.60. The molecule has 2 N–H and O–H groups in total. The molecule has 0 aliphatic carbocycles. The number of rotatable bonds is 4. The Morgan fingerprint density at radius 1 is 1.44 bits per heavy atom. The molecule has 18 heavy (non-hydrogen) atoms. The first-order chi connectivity index (χ1) is 8.78. The van der Waals surface area contributed by atoms with Crippen molar-refractivity contribution in [2.24, 2.45) is 5.73 Å². The number of nitrogens with two attached hydrogens (primary N) is 1. The molecule has 0 aliphatic heterocycles. The first-order valence-corrected chi connectivity index (χ1v) is 6.62. The normalized spacial score (nSPS) is 10.4. The second-order valence-corrected chi connectivity index (χ2v) is 5.11. The molecule has 94 valence electrons. The summed E-state index contributed by atoms with van der Waals surface area (Å²) in [5, 5.41) is 2.07. The van der Waals surface area contributed by atoms with Gasteiger partial charge in [0.05, 0.1) is 19.1 Å². The van der Waals surface area contributed by atoms with Crippen LogP contribution in [0.5, 0.6) is 0 Å². The monoisotopic (exact) mass is 260 g/mol. The fourth-order valence-corrected chi connectivity index (χ4v) is 2.59. The van der Waals surface area contributed by atoms with E-state index in [-0.39, 0.29) is 0 Å². The highest BCUT2D eigenvalue weighted by Crippen LogP contribution is 2.16. The van der Waals surface area contributed by atoms with Crippen molar-refractivity contribution in [2.75, 3.05) is 13.6 Å². The van der Waals surface area contributed by atoms with Crippen LogP contribution in [0, 0.1) is 11.8 Å². The van der Waals surface area contributed by atoms with E-state index in [1.54, 1.807) is 23.9 Å². The SMILES string of the molecule is CN(Cc1ccoc1)Cc1cc(C#CCN)cs1. The van der Waals surface area contributed by atoms with Gasteiger partial charge in [-0.05, 0) is 19.2 Å². The van der Waals surface area contributed by atoms with Crippen molar-refractivity contribution >= 4 is 11.3 Å². The molecule has 0 unspecified atom stereocenters. The molecular formula is C14H16N2OS. The smallest absolute Gasteiger partial charge is 0.0947 e. The summed E-state index contributed by atoms with van der Waals surface area (Å²) >= 11 is 1.73. The Labute approximate surface area is 111 Å². The summed E-state index contributed by atoms with van der Waals surface area (Å²) in [6.07, 6.45) is 3.48. The van der Waals surface area contributed by atoms with Gasteiger partial charge in [-0.1, -0.05) is 11.8 Å². The van der Waals surface area contributed by atoms with Gasteiger partial charge in [-0.2, -0.15) is 0 Å². The molecular weight excluding hydrogens is 244 g/mol. The molecule has 2 aromatic rings. The van der Waals surface area contributed by atoms with Gasteiger partial charge < -0.3 is 10.2 Å². The topological polar surface area (TPSA) is 42.4 Å². The first kappa shape index (κ1) is 12.9. The lowest BCUT2D eigenvalue weighted by Gasteiger charge is -2.13. The molecule has 0 amide bonds. The molecule has 2 aromatic heterocycles. The third-order valence-electron chi connectivity index (χ3n) is 2.45. The predicted molar refractivity (Wildman–Crippen MR) is 74.1 cm³/mol. The second kappa shape index (κ2) is 6.41. The molecule has 0 aliphatic rings. The van der Waals surface area contributed by atoms with E-state index in [9.17, 15) is 0 Å². The van der Waals surface area contributed by atoms with Crippen LogP contribution in [0.4, 0.5) is 0 Å². The van der Waals surface area contributed by atoms with Gasteiger partial charge >= 0.3 is 0 Å². The first-order valence-electron chi connectivity index (χ1n) is 5.74. The van der Waals surface area contributed by atoms with Gasteiger partial charge in [0.25, 0.3) is 0 Å². The average Bonchev–Trinajstić information content (AvgIpc) is 2.98. The third kappa shape index (κ3) is 3.74. The maximum atomic E-state index is 5.35. The van der Waals surface area contributed by atoms with E-state index in [0.717, 1.165) is 18.7 Å². The van der Waals surface area contributed by atoms with Crippen molar-refractivity contribution in [3.8, 4) is 11.8 Å². The van der Waals surface area contributed by atoms with Crippen molar-refractivity contribution in [1.29, 1.82) is 0 Å². The van der Waals surface area contributed by atoms with Crippen molar-refractivity contribution in [3.05, 3.63) is 46.0 Å². The van der Waals surface area contributed by atoms with E-state index in [2.05, 4.69) is 35.2 Å². The van der Waals surface area contributed by atoms with Gasteiger partial charge in [0.1, 0.15) is 0 Å². The van der Waals surface area contributed by atoms with Crippen LogP contribution in [0.15, 0.2) is 34.5 Å². The summed E-state index contributed by atoms with van der Waals surface area (Å²) in [5.74, 6) is 5.91. The van der Waals surface area contributed by atoms with Crippen LogP contribution in [0.3, 0.4) is 0 Å². The quantitative estimate of drug-likeness (QED) is 0.858. The van der Waals surface area contributed by atoms with Crippen LogP contribution < -0.4 is 5.73 Å². The number of hydrogen-bond acceptors (Lipinski definition) is 4. The lowest BCUT2D eigenvalue weighted by atomic mass is 10.3. The van der Waals surface area contributed by atoms with Crippen LogP contribution >= 0.6 is 11.3 Å². The van der Waals surface area contributed by atoms with Crippen molar-refractivity contribution in [2.45, 2.75) is 13.1 Å². The second-order valence-electron chi connectivity index (χ2n) is 4.11. The lowest BCUT2D eigenvalue weighted by molar-refractivity contribution is 0.320. The van der Waals surface area contributed by atoms with E-state index < -0.39 is 0 Å². The summed E-state index contributed by atoms with van der Waals surface area (Å²) in [6.45, 7) is 2.21. The Kier molecular flexibility index (Phi) is 4.59. The molecule has 0 spiro atoms. The molecule has 3 nitrogen and oxygen atoms in total. The van der Waals surface area contributed by atoms with Crippen molar-refractivity contribution < 1.29 is 4.42 Å². The van der Waals surface area contributed by atoms with E-state index in [1.807, 2.05) is 6.07 Å². The summed E-state index contributed by atoms with van der Waals surface area (Å²) < 4.78 is 5.06. The Morgan fingerprint density at radius 3 is 3.06 bits per heavy atom. The molecule has 0 radical (unpaired) electrons. The van der Waals surface area contributed by atoms with Crippen molar-refractivity contribution in [1.82, 2.24) is 4.90 Å². The molecule has 0 atom stereocenters. The van der Waals surface area contributed by atoms with Gasteiger partial charge in [0.15, 0.2) is 0 Å². The van der Waals surface area contributed by atoms with Crippen LogP contribution in [-0.2, 0) is 13.1 Å². The Morgan fingerprint density at radius 2 is 2.33 bits per heavy atom. The highest BCUT2D eigenvalue weighted by atomic mass is 32.1. The Hall–Kier alpha value is -1.54. The van der Waals surface area contributed by atoms with E-state index in [1.165, 1.54) is 10.4 Å². The molecule has 0 saturated carbocycles. The summed E-state index contributed by atoms with van der Waals surface area (Å²) in [7, 11) is 2.10. The van der Waals surface area contributed by atoms with Gasteiger partial charge in [-0.25, -0.2) is 0 Å². The van der Waals surface area contributed by atoms with Crippen LogP contribution in [0.2, 0.25) is 0 Å². The van der Waals surface area contributed by atoms with Crippen LogP contribution in [0.1, 0.15) is 16.0 Å². The molecule has 0 bridgehead atoms. The molecule has 0 saturated heterocycles. The van der Waals surface area contributed by atoms with E-state index >= 15 is 0 Å². The molecule has 0 fully saturated rings. The lowest BCUT2D eigenvalue weighted by Crippen LogP contribution is -2.15. The Balaban J connectivity index is 1.90. The minimum atomic E-state index is 0.408. The number of nitrogens with zero attached hydrogens (tertiary/aromatic N) is 1. The predicted octanol–water partition coefficient (Wildman–Crippen LogP) is 2.28. The minimum Gasteiger partial charge on any atom is -0.472 e. The van der Waals surface area contributed by atoms with E-state index in [0.29, 0.717) is 6.54 Å². The maximum absolute atomic E-state index is 5.35. The third-order valence-corrected chi connectivity index (χ3v) is 3.37. The number of furan rings is 1. The summed E-state index contributed by atoms with van der Waals surface area (Å²) in [6, 6.07) is 4.11. The van der Waals surface area contributed by atoms with Gasteiger partial charge in [-0.15, -0.1) is 11.3 Å². The van der Waals surface area contributed by atoms with Gasteiger partial charge in [-0.3, -0.25) is 4.90 Å². The zero-order valence-electron chi connectivity index (χ0n) is 10.3. The highest BCUT2D eigenvalue weighted by Gasteiger charge is 2.04. The molecule has 2 heterocycles. The molecule has 0 aromatic carbocycles. The van der Waals surface area contributed by atoms with Gasteiger partial charge in [0.2, 0.25) is 0 Å². The fourth-order valence-electron chi connectivity index (χ4n) is 1.70. The number of thiophene rings is 1. The minimum absolute atomic E-state index is 0.408. The zero-order valence-corrected chi connectivity index (χ0v) is 11.2. The van der Waals surface area contributed by atoms with Crippen LogP contribution in [0.25, 0.3) is 0 Å². The number of hydrogen-bond donors (Lipinski definition) is 1. The van der Waals surface area contributed by atoms with Gasteiger partial charge in [0, 0.05) is 34.5 Å².